The van der Waals surface area contributed by atoms with Crippen LogP contribution in [0.3, 0.4) is 0 Å². The first-order chi connectivity index (χ1) is 15.7. The molecular formula is C26H38N4O3. The lowest BCUT2D eigenvalue weighted by molar-refractivity contribution is -0.139. The van der Waals surface area contributed by atoms with Gasteiger partial charge in [0.05, 0.1) is 6.61 Å². The van der Waals surface area contributed by atoms with E-state index in [0.717, 1.165) is 24.2 Å². The molecule has 0 saturated heterocycles. The number of benzene rings is 2. The van der Waals surface area contributed by atoms with Crippen LogP contribution in [0.1, 0.15) is 56.0 Å². The summed E-state index contributed by atoms with van der Waals surface area (Å²) in [7, 11) is 0. The molecule has 33 heavy (non-hydrogen) atoms. The third-order valence-corrected chi connectivity index (χ3v) is 5.24. The number of ether oxygens (including phenoxy) is 1. The van der Waals surface area contributed by atoms with Crippen molar-refractivity contribution in [1.29, 1.82) is 0 Å². The van der Waals surface area contributed by atoms with Gasteiger partial charge in [0.2, 0.25) is 5.91 Å². The minimum atomic E-state index is -0.450. The highest BCUT2D eigenvalue weighted by molar-refractivity contribution is 5.94. The van der Waals surface area contributed by atoms with Gasteiger partial charge in [-0.3, -0.25) is 9.59 Å². The molecule has 0 heterocycles. The molecule has 0 saturated carbocycles. The maximum atomic E-state index is 12.9. The molecule has 2 rings (SSSR count). The second-order valence-electron chi connectivity index (χ2n) is 9.18. The summed E-state index contributed by atoms with van der Waals surface area (Å²) >= 11 is 0. The molecule has 0 bridgehead atoms. The van der Waals surface area contributed by atoms with Crippen LogP contribution in [0.2, 0.25) is 0 Å². The van der Waals surface area contributed by atoms with E-state index in [1.807, 2.05) is 49.9 Å². The lowest BCUT2D eigenvalue weighted by atomic mass is 9.94. The van der Waals surface area contributed by atoms with E-state index in [1.165, 1.54) is 0 Å². The van der Waals surface area contributed by atoms with E-state index in [9.17, 15) is 9.59 Å². The number of nitrogens with zero attached hydrogens (tertiary/aromatic N) is 1. The van der Waals surface area contributed by atoms with E-state index >= 15 is 0 Å². The molecule has 0 fully saturated rings. The van der Waals surface area contributed by atoms with Gasteiger partial charge in [-0.25, -0.2) is 0 Å². The van der Waals surface area contributed by atoms with Crippen molar-refractivity contribution < 1.29 is 14.3 Å². The molecular weight excluding hydrogens is 416 g/mol. The largest absolute Gasteiger partial charge is 0.494 e. The molecule has 0 unspecified atom stereocenters. The maximum absolute atomic E-state index is 12.9. The van der Waals surface area contributed by atoms with Gasteiger partial charge < -0.3 is 26.4 Å². The number of carbonyl (C=O) groups excluding carboxylic acids is 2. The summed E-state index contributed by atoms with van der Waals surface area (Å²) in [4.78, 5) is 27.0. The van der Waals surface area contributed by atoms with Crippen LogP contribution in [0.5, 0.6) is 5.75 Å². The van der Waals surface area contributed by atoms with Crippen LogP contribution in [0.15, 0.2) is 48.5 Å². The Morgan fingerprint density at radius 1 is 0.939 bits per heavy atom. The van der Waals surface area contributed by atoms with Gasteiger partial charge in [0, 0.05) is 42.8 Å². The molecule has 0 aliphatic rings. The molecule has 0 radical (unpaired) electrons. The van der Waals surface area contributed by atoms with Crippen molar-refractivity contribution in [3.8, 4) is 5.75 Å². The number of amides is 2. The quantitative estimate of drug-likeness (QED) is 0.335. The van der Waals surface area contributed by atoms with Gasteiger partial charge in [0.15, 0.2) is 0 Å². The predicted molar refractivity (Wildman–Crippen MR) is 133 cm³/mol. The fourth-order valence-corrected chi connectivity index (χ4v) is 3.31. The van der Waals surface area contributed by atoms with Crippen LogP contribution in [0.4, 0.5) is 5.69 Å². The van der Waals surface area contributed by atoms with Gasteiger partial charge in [-0.15, -0.1) is 0 Å². The molecule has 0 spiro atoms. The first-order valence-electron chi connectivity index (χ1n) is 11.6. The number of hydrogen-bond donors (Lipinski definition) is 3. The molecule has 5 N–H and O–H groups in total. The van der Waals surface area contributed by atoms with Crippen molar-refractivity contribution in [2.75, 3.05) is 32.0 Å². The fraction of sp³-hybridized carbons (Fsp3) is 0.462. The summed E-state index contributed by atoms with van der Waals surface area (Å²) in [6, 6.07) is 14.6. The Morgan fingerprint density at radius 3 is 2.18 bits per heavy atom. The number of hydrogen-bond acceptors (Lipinski definition) is 5. The van der Waals surface area contributed by atoms with Crippen LogP contribution in [-0.2, 0) is 11.3 Å². The number of nitrogens with two attached hydrogens (primary N) is 2. The molecule has 7 nitrogen and oxygen atoms in total. The summed E-state index contributed by atoms with van der Waals surface area (Å²) in [6.07, 6.45) is 2.38. The smallest absolute Gasteiger partial charge is 0.251 e. The zero-order chi connectivity index (χ0) is 24.3. The third kappa shape index (κ3) is 9.14. The van der Waals surface area contributed by atoms with Crippen molar-refractivity contribution in [1.82, 2.24) is 10.2 Å². The third-order valence-electron chi connectivity index (χ3n) is 5.24. The average Bonchev–Trinajstić information content (AvgIpc) is 2.79. The second-order valence-corrected chi connectivity index (χ2v) is 9.18. The summed E-state index contributed by atoms with van der Waals surface area (Å²) in [6.45, 7) is 8.66. The van der Waals surface area contributed by atoms with Crippen molar-refractivity contribution in [2.45, 2.75) is 46.6 Å². The lowest BCUT2D eigenvalue weighted by Gasteiger charge is -2.29. The Hall–Kier alpha value is -3.06. The SMILES string of the molecule is CC(C)(C)C(=O)N(CCCCOc1ccc(CN)cc1)CCCNC(=O)c1ccc(N)cc1. The van der Waals surface area contributed by atoms with Gasteiger partial charge in [-0.2, -0.15) is 0 Å². The van der Waals surface area contributed by atoms with Gasteiger partial charge in [-0.05, 0) is 61.2 Å². The molecule has 2 aromatic rings. The highest BCUT2D eigenvalue weighted by Gasteiger charge is 2.26. The fourth-order valence-electron chi connectivity index (χ4n) is 3.31. The first kappa shape index (κ1) is 26.2. The Morgan fingerprint density at radius 2 is 1.58 bits per heavy atom. The molecule has 180 valence electrons. The summed E-state index contributed by atoms with van der Waals surface area (Å²) < 4.78 is 5.79. The van der Waals surface area contributed by atoms with Gasteiger partial charge >= 0.3 is 0 Å². The number of nitrogens with one attached hydrogen (secondary N) is 1. The van der Waals surface area contributed by atoms with Gasteiger partial charge in [-0.1, -0.05) is 32.9 Å². The zero-order valence-electron chi connectivity index (χ0n) is 20.1. The summed E-state index contributed by atoms with van der Waals surface area (Å²) in [5.41, 5.74) is 13.1. The average molecular weight is 455 g/mol. The van der Waals surface area contributed by atoms with E-state index in [4.69, 9.17) is 16.2 Å². The second kappa shape index (κ2) is 12.8. The normalized spacial score (nSPS) is 11.2. The van der Waals surface area contributed by atoms with E-state index in [2.05, 4.69) is 5.32 Å². The number of anilines is 1. The molecule has 0 aromatic heterocycles. The Kier molecular flexibility index (Phi) is 10.2. The number of carbonyl (C=O) groups is 2. The first-order valence-corrected chi connectivity index (χ1v) is 11.6. The van der Waals surface area contributed by atoms with Gasteiger partial charge in [0.25, 0.3) is 5.91 Å². The molecule has 7 heteroatoms. The van der Waals surface area contributed by atoms with Crippen molar-refractivity contribution in [3.63, 3.8) is 0 Å². The van der Waals surface area contributed by atoms with Crippen molar-refractivity contribution >= 4 is 17.5 Å². The van der Waals surface area contributed by atoms with Crippen LogP contribution < -0.4 is 21.5 Å². The highest BCUT2D eigenvalue weighted by atomic mass is 16.5. The van der Waals surface area contributed by atoms with E-state index in [0.29, 0.717) is 50.5 Å². The lowest BCUT2D eigenvalue weighted by Crippen LogP contribution is -2.41. The van der Waals surface area contributed by atoms with Crippen LogP contribution in [-0.4, -0.2) is 43.0 Å². The molecule has 0 atom stereocenters. The maximum Gasteiger partial charge on any atom is 0.251 e. The minimum Gasteiger partial charge on any atom is -0.494 e. The molecule has 0 aliphatic heterocycles. The monoisotopic (exact) mass is 454 g/mol. The number of rotatable bonds is 12. The summed E-state index contributed by atoms with van der Waals surface area (Å²) in [5.74, 6) is 0.803. The van der Waals surface area contributed by atoms with Gasteiger partial charge in [0.1, 0.15) is 5.75 Å². The Labute approximate surface area is 197 Å². The predicted octanol–water partition coefficient (Wildman–Crippen LogP) is 3.58. The highest BCUT2D eigenvalue weighted by Crippen LogP contribution is 2.18. The molecule has 2 aromatic carbocycles. The van der Waals surface area contributed by atoms with Crippen LogP contribution >= 0.6 is 0 Å². The Bertz CT molecular complexity index is 874. The molecule has 0 aliphatic carbocycles. The molecule has 2 amide bonds. The van der Waals surface area contributed by atoms with Crippen LogP contribution in [0, 0.1) is 5.41 Å². The Balaban J connectivity index is 1.75. The zero-order valence-corrected chi connectivity index (χ0v) is 20.1. The van der Waals surface area contributed by atoms with Crippen molar-refractivity contribution in [2.24, 2.45) is 11.1 Å². The minimum absolute atomic E-state index is 0.116. The number of unbranched alkanes of at least 4 members (excludes halogenated alkanes) is 1. The topological polar surface area (TPSA) is 111 Å². The van der Waals surface area contributed by atoms with Crippen LogP contribution in [0.25, 0.3) is 0 Å². The van der Waals surface area contributed by atoms with E-state index < -0.39 is 5.41 Å². The summed E-state index contributed by atoms with van der Waals surface area (Å²) in [5, 5.41) is 2.91. The van der Waals surface area contributed by atoms with E-state index in [1.54, 1.807) is 24.3 Å². The standard InChI is InChI=1S/C26H38N4O3/c1-26(2,3)25(32)30(16-4-5-18-33-23-13-7-20(19-27)8-14-23)17-6-15-29-24(31)21-9-11-22(28)12-10-21/h7-14H,4-6,15-19,27-28H2,1-3H3,(H,29,31). The van der Waals surface area contributed by atoms with E-state index in [-0.39, 0.29) is 11.8 Å². The van der Waals surface area contributed by atoms with Crippen molar-refractivity contribution in [3.05, 3.63) is 59.7 Å². The number of nitrogen functional groups attached to an aromatic ring is 1.